The zero-order valence-corrected chi connectivity index (χ0v) is 10.3. The third-order valence-electron chi connectivity index (χ3n) is 2.27. The highest BCUT2D eigenvalue weighted by atomic mass is 16.5. The Morgan fingerprint density at radius 2 is 1.89 bits per heavy atom. The highest BCUT2D eigenvalue weighted by Gasteiger charge is 2.10. The first kappa shape index (κ1) is 12.9. The molecule has 1 N–H and O–H groups in total. The molecule has 0 spiro atoms. The molecule has 0 amide bonds. The summed E-state index contributed by atoms with van der Waals surface area (Å²) in [6, 6.07) is 7.09. The van der Waals surface area contributed by atoms with Crippen LogP contribution in [0.1, 0.15) is 23.3 Å². The largest absolute Gasteiger partial charge is 0.494 e. The van der Waals surface area contributed by atoms with Crippen molar-refractivity contribution >= 4 is 5.97 Å². The quantitative estimate of drug-likeness (QED) is 0.861. The topological polar surface area (TPSA) is 81.8 Å². The summed E-state index contributed by atoms with van der Waals surface area (Å²) in [7, 11) is 0. The maximum atomic E-state index is 10.6. The van der Waals surface area contributed by atoms with Gasteiger partial charge in [-0.25, -0.2) is 9.78 Å². The summed E-state index contributed by atoms with van der Waals surface area (Å²) in [5.74, 6) is 0.472. The van der Waals surface area contributed by atoms with Crippen molar-refractivity contribution in [3.63, 3.8) is 0 Å². The molecule has 0 aliphatic heterocycles. The maximum absolute atomic E-state index is 10.6. The molecule has 1 aromatic carbocycles. The molecule has 0 fully saturated rings. The normalized spacial score (nSPS) is 10.2. The Morgan fingerprint density at radius 3 is 2.42 bits per heavy atom. The number of hydrogen-bond donors (Lipinski definition) is 1. The summed E-state index contributed by atoms with van der Waals surface area (Å²) >= 11 is 0. The number of aromatic nitrogens is 1. The molecule has 0 bridgehead atoms. The number of carboxylic acid groups (broad SMARTS) is 1. The molecule has 0 aliphatic carbocycles. The van der Waals surface area contributed by atoms with Gasteiger partial charge in [-0.3, -0.25) is 0 Å². The number of ether oxygens (including phenoxy) is 2. The van der Waals surface area contributed by atoms with E-state index in [9.17, 15) is 4.79 Å². The van der Waals surface area contributed by atoms with E-state index in [-0.39, 0.29) is 18.2 Å². The number of carboxylic acids is 1. The second kappa shape index (κ2) is 5.90. The molecule has 100 valence electrons. The van der Waals surface area contributed by atoms with Crippen LogP contribution in [0.25, 0.3) is 0 Å². The van der Waals surface area contributed by atoms with Crippen molar-refractivity contribution in [2.24, 2.45) is 0 Å². The van der Waals surface area contributed by atoms with E-state index >= 15 is 0 Å². The van der Waals surface area contributed by atoms with Crippen LogP contribution in [0.2, 0.25) is 0 Å². The van der Waals surface area contributed by atoms with Gasteiger partial charge in [-0.15, -0.1) is 0 Å². The average molecular weight is 263 g/mol. The van der Waals surface area contributed by atoms with Gasteiger partial charge in [-0.05, 0) is 31.2 Å². The van der Waals surface area contributed by atoms with Crippen LogP contribution in [0.5, 0.6) is 11.5 Å². The number of nitrogens with zero attached hydrogens (tertiary/aromatic N) is 1. The summed E-state index contributed by atoms with van der Waals surface area (Å²) in [6.45, 7) is 2.59. The number of oxazole rings is 1. The highest BCUT2D eigenvalue weighted by molar-refractivity contribution is 5.84. The molecule has 1 aromatic heterocycles. The standard InChI is InChI=1S/C13H13NO5/c1-2-17-9-3-5-10(6-4-9)18-8-12-14-11(7-19-12)13(15)16/h3-7H,2,8H2,1H3,(H,15,16). The minimum absolute atomic E-state index is 0.0707. The van der Waals surface area contributed by atoms with Crippen molar-refractivity contribution < 1.29 is 23.8 Å². The Kier molecular flexibility index (Phi) is 4.02. The SMILES string of the molecule is CCOc1ccc(OCc2nc(C(=O)O)co2)cc1. The lowest BCUT2D eigenvalue weighted by atomic mass is 10.3. The van der Waals surface area contributed by atoms with E-state index in [1.807, 2.05) is 6.92 Å². The second-order valence-corrected chi connectivity index (χ2v) is 3.62. The zero-order chi connectivity index (χ0) is 13.7. The molecular weight excluding hydrogens is 250 g/mol. The van der Waals surface area contributed by atoms with Gasteiger partial charge >= 0.3 is 5.97 Å². The van der Waals surface area contributed by atoms with Crippen LogP contribution in [0.15, 0.2) is 34.9 Å². The van der Waals surface area contributed by atoms with Crippen molar-refractivity contribution in [3.05, 3.63) is 42.1 Å². The molecule has 0 radical (unpaired) electrons. The molecule has 0 saturated heterocycles. The molecule has 2 rings (SSSR count). The van der Waals surface area contributed by atoms with Gasteiger partial charge in [0.1, 0.15) is 17.8 Å². The van der Waals surface area contributed by atoms with Gasteiger partial charge in [-0.2, -0.15) is 0 Å². The Bertz CT molecular complexity index is 546. The Labute approximate surface area is 109 Å². The van der Waals surface area contributed by atoms with Crippen LogP contribution in [-0.2, 0) is 6.61 Å². The van der Waals surface area contributed by atoms with E-state index in [1.165, 1.54) is 0 Å². The number of rotatable bonds is 6. The first-order valence-electron chi connectivity index (χ1n) is 5.72. The zero-order valence-electron chi connectivity index (χ0n) is 10.3. The fraction of sp³-hybridized carbons (Fsp3) is 0.231. The summed E-state index contributed by atoms with van der Waals surface area (Å²) in [6.07, 6.45) is 1.08. The minimum Gasteiger partial charge on any atom is -0.494 e. The Morgan fingerprint density at radius 1 is 1.26 bits per heavy atom. The van der Waals surface area contributed by atoms with Gasteiger partial charge in [0.05, 0.1) is 6.61 Å². The molecule has 19 heavy (non-hydrogen) atoms. The fourth-order valence-corrected chi connectivity index (χ4v) is 1.42. The first-order valence-corrected chi connectivity index (χ1v) is 5.72. The van der Waals surface area contributed by atoms with E-state index in [2.05, 4.69) is 4.98 Å². The fourth-order valence-electron chi connectivity index (χ4n) is 1.42. The highest BCUT2D eigenvalue weighted by Crippen LogP contribution is 2.18. The molecule has 2 aromatic rings. The molecular formula is C13H13NO5. The van der Waals surface area contributed by atoms with Crippen LogP contribution in [0, 0.1) is 0 Å². The smallest absolute Gasteiger partial charge is 0.357 e. The third kappa shape index (κ3) is 3.48. The predicted molar refractivity (Wildman–Crippen MR) is 65.4 cm³/mol. The summed E-state index contributed by atoms with van der Waals surface area (Å²) in [5, 5.41) is 8.69. The molecule has 0 atom stereocenters. The molecule has 0 unspecified atom stereocenters. The van der Waals surface area contributed by atoms with Gasteiger partial charge in [0, 0.05) is 0 Å². The van der Waals surface area contributed by atoms with E-state index in [0.717, 1.165) is 12.0 Å². The summed E-state index contributed by atoms with van der Waals surface area (Å²) < 4.78 is 15.7. The lowest BCUT2D eigenvalue weighted by Crippen LogP contribution is -1.99. The maximum Gasteiger partial charge on any atom is 0.357 e. The van der Waals surface area contributed by atoms with E-state index < -0.39 is 5.97 Å². The predicted octanol–water partition coefficient (Wildman–Crippen LogP) is 2.35. The number of hydrogen-bond acceptors (Lipinski definition) is 5. The average Bonchev–Trinajstić information content (AvgIpc) is 2.87. The van der Waals surface area contributed by atoms with Crippen LogP contribution in [0.3, 0.4) is 0 Å². The summed E-state index contributed by atoms with van der Waals surface area (Å²) in [5.41, 5.74) is -0.134. The monoisotopic (exact) mass is 263 g/mol. The lowest BCUT2D eigenvalue weighted by molar-refractivity contribution is 0.0690. The van der Waals surface area contributed by atoms with Crippen molar-refractivity contribution in [2.75, 3.05) is 6.61 Å². The Balaban J connectivity index is 1.92. The van der Waals surface area contributed by atoms with Gasteiger partial charge in [0.15, 0.2) is 12.3 Å². The number of benzene rings is 1. The third-order valence-corrected chi connectivity index (χ3v) is 2.27. The molecule has 0 aliphatic rings. The molecule has 6 nitrogen and oxygen atoms in total. The van der Waals surface area contributed by atoms with Gasteiger partial charge in [0.25, 0.3) is 0 Å². The van der Waals surface area contributed by atoms with Gasteiger partial charge in [0.2, 0.25) is 5.89 Å². The lowest BCUT2D eigenvalue weighted by Gasteiger charge is -2.05. The minimum atomic E-state index is -1.13. The van der Waals surface area contributed by atoms with Crippen LogP contribution < -0.4 is 9.47 Å². The van der Waals surface area contributed by atoms with E-state index in [1.54, 1.807) is 24.3 Å². The first-order chi connectivity index (χ1) is 9.19. The van der Waals surface area contributed by atoms with Crippen molar-refractivity contribution in [1.82, 2.24) is 4.98 Å². The van der Waals surface area contributed by atoms with Crippen LogP contribution in [0.4, 0.5) is 0 Å². The number of carbonyl (C=O) groups is 1. The molecule has 0 saturated carbocycles. The van der Waals surface area contributed by atoms with Gasteiger partial charge in [-0.1, -0.05) is 0 Å². The van der Waals surface area contributed by atoms with E-state index in [4.69, 9.17) is 19.0 Å². The van der Waals surface area contributed by atoms with E-state index in [0.29, 0.717) is 12.4 Å². The van der Waals surface area contributed by atoms with Crippen molar-refractivity contribution in [2.45, 2.75) is 13.5 Å². The second-order valence-electron chi connectivity index (χ2n) is 3.62. The van der Waals surface area contributed by atoms with Crippen molar-refractivity contribution in [1.29, 1.82) is 0 Å². The van der Waals surface area contributed by atoms with Crippen molar-refractivity contribution in [3.8, 4) is 11.5 Å². The van der Waals surface area contributed by atoms with Gasteiger partial charge < -0.3 is 19.0 Å². The molecule has 1 heterocycles. The summed E-state index contributed by atoms with van der Waals surface area (Å²) in [4.78, 5) is 14.4. The van der Waals surface area contributed by atoms with Crippen LogP contribution >= 0.6 is 0 Å². The van der Waals surface area contributed by atoms with Crippen LogP contribution in [-0.4, -0.2) is 22.7 Å². The molecule has 6 heteroatoms. The number of aromatic carboxylic acids is 1. The Hall–Kier alpha value is -2.50.